The number of nitrogens with two attached hydrogens (primary N) is 1. The zero-order valence-corrected chi connectivity index (χ0v) is 65.8. The number of Topliss-reactive ketones (excluding diaryl/α,β-unsaturated/α-hetero) is 3. The molecule has 30 heteroatoms. The number of urea groups is 1. The molecule has 0 spiro atoms. The van der Waals surface area contributed by atoms with Gasteiger partial charge in [-0.2, -0.15) is 0 Å². The summed E-state index contributed by atoms with van der Waals surface area (Å²) in [5.74, 6) is -12.1. The number of hydrogen-bond donors (Lipinski definition) is 8. The average molecular weight is 1540 g/mol. The van der Waals surface area contributed by atoms with E-state index in [9.17, 15) is 67.7 Å². The van der Waals surface area contributed by atoms with Crippen molar-refractivity contribution < 1.29 is 106 Å². The lowest BCUT2D eigenvalue weighted by Crippen LogP contribution is -2.61. The summed E-state index contributed by atoms with van der Waals surface area (Å²) in [6, 6.07) is 2.16. The molecule has 2 bridgehead atoms. The van der Waals surface area contributed by atoms with Gasteiger partial charge in [0.15, 0.2) is 5.78 Å². The van der Waals surface area contributed by atoms with Crippen LogP contribution in [0.3, 0.4) is 0 Å². The second-order valence-corrected chi connectivity index (χ2v) is 30.1. The molecule has 0 radical (unpaired) electrons. The predicted molar refractivity (Wildman–Crippen MR) is 404 cm³/mol. The Hall–Kier alpha value is -8.36. The Bertz CT molecular complexity index is 3470. The van der Waals surface area contributed by atoms with Crippen molar-refractivity contribution in [1.82, 2.24) is 31.1 Å². The number of esters is 1. The van der Waals surface area contributed by atoms with Crippen molar-refractivity contribution in [2.45, 2.75) is 232 Å². The van der Waals surface area contributed by atoms with Crippen LogP contribution >= 0.6 is 0 Å². The maximum Gasteiger partial charge on any atom is 0.409 e. The number of imide groups is 1. The monoisotopic (exact) mass is 1540 g/mol. The van der Waals surface area contributed by atoms with Crippen molar-refractivity contribution >= 4 is 76.6 Å². The van der Waals surface area contributed by atoms with E-state index < -0.39 is 143 Å². The summed E-state index contributed by atoms with van der Waals surface area (Å²) in [5, 5.41) is 36.8. The Morgan fingerprint density at radius 1 is 0.782 bits per heavy atom. The molecule has 4 aliphatic heterocycles. The van der Waals surface area contributed by atoms with Crippen LogP contribution in [0.5, 0.6) is 0 Å². The first-order valence-electron chi connectivity index (χ1n) is 38.4. The van der Waals surface area contributed by atoms with Crippen LogP contribution in [0.1, 0.15) is 164 Å². The summed E-state index contributed by atoms with van der Waals surface area (Å²) in [6.07, 6.45) is 11.9. The number of piperidine rings is 1. The Morgan fingerprint density at radius 3 is 2.17 bits per heavy atom. The number of allylic oxidation sites excluding steroid dienone is 6. The van der Waals surface area contributed by atoms with Crippen molar-refractivity contribution in [2.75, 3.05) is 66.2 Å². The average Bonchev–Trinajstić information content (AvgIpc) is 1.22. The Labute approximate surface area is 645 Å². The Kier molecular flexibility index (Phi) is 36.7. The first kappa shape index (κ1) is 90.5. The van der Waals surface area contributed by atoms with Crippen LogP contribution < -0.4 is 32.3 Å². The van der Waals surface area contributed by atoms with Crippen LogP contribution in [-0.2, 0) is 92.4 Å². The minimum atomic E-state index is -2.49. The van der Waals surface area contributed by atoms with E-state index >= 15 is 0 Å². The number of rotatable bonds is 27. The molecule has 4 heterocycles. The minimum Gasteiger partial charge on any atom is -0.460 e. The molecule has 5 aliphatic rings. The fraction of sp³-hybridized carbons (Fsp3) is 0.650. The van der Waals surface area contributed by atoms with Crippen molar-refractivity contribution in [3.05, 3.63) is 89.6 Å². The zero-order chi connectivity index (χ0) is 80.9. The number of cyclic esters (lactones) is 1. The van der Waals surface area contributed by atoms with Crippen molar-refractivity contribution in [3.8, 4) is 0 Å². The standard InChI is InChI=1S/C80H118N8O22/c1-47(2)69(86-66(90)33-36-88-67(91)31-32-68(88)92)75(97)85-59(21-18-34-82-78(81)100)74(96)84-57-27-24-55(25-28-57)45-108-79(101)83-46-106-37-38-107-62-30-26-56(42-65(62)104-11)41-51(6)64-44-61(89)50(5)40-53(8)71(94)72(105-12)70(93)52(7)39-48(3)19-14-13-15-20-49(4)63(103-10)43-58-29-23-54(9)80(102,110-58)73(95)76(98)87-35-17-16-22-60(87)77(99)109-64/h13-15,19-20,24-25,27-28,31-32,40,47-48,50-52,54,56,58-60,62-65,69,71-72,94,102H,16-18,21-23,26,29-30,33-39,41-46H2,1-12H3,(H,83,101)(H,84,96)(H,85,97)(H,86,90)(H3,81,82,100)/b15-13+,19-14+,49-20+,53-40+/t48-,50-,51+,52-,54-,56-,58+,59-,60+,62-,63+,64+,65-,69-,71-,72+,80-/m1/s1. The number of carbonyl (C=O) groups excluding carboxylic acids is 12. The number of ketones is 3. The first-order valence-corrected chi connectivity index (χ1v) is 38.4. The number of methoxy groups -OCH3 is 3. The number of fused-ring (bicyclic) bond motifs is 3. The summed E-state index contributed by atoms with van der Waals surface area (Å²) in [4.78, 5) is 162. The van der Waals surface area contributed by atoms with Crippen LogP contribution in [0.25, 0.3) is 0 Å². The van der Waals surface area contributed by atoms with E-state index in [0.29, 0.717) is 74.6 Å². The molecular weight excluding hydrogens is 1420 g/mol. The fourth-order valence-corrected chi connectivity index (χ4v) is 14.5. The molecule has 30 nitrogen and oxygen atoms in total. The van der Waals surface area contributed by atoms with Gasteiger partial charge in [0, 0.05) is 95.8 Å². The summed E-state index contributed by atoms with van der Waals surface area (Å²) in [6.45, 7) is 15.7. The predicted octanol–water partition coefficient (Wildman–Crippen LogP) is 6.43. The number of nitrogens with zero attached hydrogens (tertiary/aromatic N) is 2. The number of carbonyl (C=O) groups is 12. The molecule has 1 saturated carbocycles. The van der Waals surface area contributed by atoms with Crippen molar-refractivity contribution in [3.63, 3.8) is 0 Å². The Balaban J connectivity index is 1.03. The molecule has 0 unspecified atom stereocenters. The second kappa shape index (κ2) is 44.6. The molecule has 110 heavy (non-hydrogen) atoms. The second-order valence-electron chi connectivity index (χ2n) is 30.1. The van der Waals surface area contributed by atoms with Gasteiger partial charge in [0.05, 0.1) is 37.6 Å². The molecule has 9 N–H and O–H groups in total. The number of alkyl carbamates (subject to hydrolysis) is 1. The van der Waals surface area contributed by atoms with Gasteiger partial charge < -0.3 is 80.0 Å². The van der Waals surface area contributed by atoms with E-state index in [1.54, 1.807) is 86.1 Å². The number of hydrogen-bond acceptors (Lipinski definition) is 22. The number of amides is 9. The van der Waals surface area contributed by atoms with Gasteiger partial charge in [-0.3, -0.25) is 53.4 Å². The molecule has 3 fully saturated rings. The number of anilines is 1. The van der Waals surface area contributed by atoms with Crippen LogP contribution in [0.15, 0.2) is 84.0 Å². The van der Waals surface area contributed by atoms with E-state index in [0.717, 1.165) is 22.6 Å². The first-order chi connectivity index (χ1) is 52.3. The summed E-state index contributed by atoms with van der Waals surface area (Å²) in [5.41, 5.74) is 7.31. The fourth-order valence-electron chi connectivity index (χ4n) is 14.5. The number of aliphatic hydroxyl groups is 2. The van der Waals surface area contributed by atoms with Crippen molar-refractivity contribution in [1.29, 1.82) is 0 Å². The largest absolute Gasteiger partial charge is 0.460 e. The maximum atomic E-state index is 14.8. The van der Waals surface area contributed by atoms with Crippen molar-refractivity contribution in [2.24, 2.45) is 47.2 Å². The third kappa shape index (κ3) is 27.2. The molecule has 17 atom stereocenters. The molecule has 2 saturated heterocycles. The summed E-state index contributed by atoms with van der Waals surface area (Å²) < 4.78 is 47.4. The Morgan fingerprint density at radius 2 is 1.50 bits per heavy atom. The van der Waals surface area contributed by atoms with Gasteiger partial charge in [0.1, 0.15) is 55.6 Å². The molecule has 0 aromatic heterocycles. The lowest BCUT2D eigenvalue weighted by Gasteiger charge is -2.42. The van der Waals surface area contributed by atoms with E-state index in [-0.39, 0.29) is 120 Å². The molecule has 9 amide bonds. The van der Waals surface area contributed by atoms with Gasteiger partial charge in [-0.25, -0.2) is 14.4 Å². The van der Waals surface area contributed by atoms with E-state index in [4.69, 9.17) is 43.6 Å². The third-order valence-electron chi connectivity index (χ3n) is 21.3. The lowest BCUT2D eigenvalue weighted by molar-refractivity contribution is -0.265. The number of aliphatic hydroxyl groups excluding tert-OH is 1. The van der Waals surface area contributed by atoms with Gasteiger partial charge in [0.2, 0.25) is 23.5 Å². The smallest absolute Gasteiger partial charge is 0.409 e. The molecule has 1 aromatic rings. The minimum absolute atomic E-state index is 0.00986. The quantitative estimate of drug-likeness (QED) is 0.0117. The highest BCUT2D eigenvalue weighted by molar-refractivity contribution is 6.39. The number of nitrogens with one attached hydrogen (secondary N) is 5. The van der Waals surface area contributed by atoms with Crippen LogP contribution in [0.4, 0.5) is 15.3 Å². The number of benzene rings is 1. The van der Waals surface area contributed by atoms with E-state index in [1.165, 1.54) is 12.0 Å². The molecular formula is C80H118N8O22. The van der Waals surface area contributed by atoms with Gasteiger partial charge in [0.25, 0.3) is 23.5 Å². The van der Waals surface area contributed by atoms with Gasteiger partial charge in [-0.05, 0) is 143 Å². The highest BCUT2D eigenvalue weighted by Gasteiger charge is 2.53. The molecule has 610 valence electrons. The molecule has 1 aromatic carbocycles. The van der Waals surface area contributed by atoms with E-state index in [1.807, 2.05) is 51.2 Å². The third-order valence-corrected chi connectivity index (χ3v) is 21.3. The summed E-state index contributed by atoms with van der Waals surface area (Å²) >= 11 is 0. The highest BCUT2D eigenvalue weighted by Crippen LogP contribution is 2.38. The normalized spacial score (nSPS) is 29.6. The zero-order valence-electron chi connectivity index (χ0n) is 65.8. The number of primary amides is 1. The maximum absolute atomic E-state index is 14.8. The van der Waals surface area contributed by atoms with Crippen LogP contribution in [-0.4, -0.2) is 218 Å². The van der Waals surface area contributed by atoms with Gasteiger partial charge in [-0.15, -0.1) is 0 Å². The van der Waals surface area contributed by atoms with E-state index in [2.05, 4.69) is 26.6 Å². The number of ether oxygens (including phenoxy) is 8. The van der Waals surface area contributed by atoms with Gasteiger partial charge >= 0.3 is 18.1 Å². The lowest BCUT2D eigenvalue weighted by atomic mass is 9.78. The molecule has 6 rings (SSSR count). The SMILES string of the molecule is CO[C@H]1C[C@@H]2CC[C@@H](C)[C@@](O)(O2)C(=O)C(=O)N2CCCC[C@H]2C(=O)O[C@H]([C@@H](C)C[C@H]2CC[C@@H](OCCOCNC(=O)OCc3ccc(NC(=O)[C@@H](CCCNC(N)=O)NC(=O)[C@H](NC(=O)CCN4C(=O)C=CC4=O)C(C)C)cc3)[C@H](OC)C2)CC(=O)[C@H](C)/C=C(\C)[C@@H](O)[C@@H](OC)C(=O)[C@H](C)C[C@H](C)/C=C/C=C/C=C/1C. The van der Waals surface area contributed by atoms with Crippen LogP contribution in [0.2, 0.25) is 0 Å². The molecule has 1 aliphatic carbocycles. The highest BCUT2D eigenvalue weighted by atomic mass is 16.6. The topological polar surface area (TPSA) is 412 Å². The van der Waals surface area contributed by atoms with Gasteiger partial charge in [-0.1, -0.05) is 97.1 Å². The van der Waals surface area contributed by atoms with Crippen LogP contribution in [0, 0.1) is 41.4 Å². The summed E-state index contributed by atoms with van der Waals surface area (Å²) in [7, 11) is 4.50.